The van der Waals surface area contributed by atoms with Crippen molar-refractivity contribution < 1.29 is 17.9 Å². The van der Waals surface area contributed by atoms with E-state index < -0.39 is 10.0 Å². The fourth-order valence-corrected chi connectivity index (χ4v) is 6.67. The first kappa shape index (κ1) is 24.7. The SMILES string of the molecule is COc1cccc(C)c1NC(=O)c1csc(C2CCN(S(=O)(=O)c3ccc(C)c(Cl)c3)CC2)n1. The molecule has 1 saturated heterocycles. The summed E-state index contributed by atoms with van der Waals surface area (Å²) in [7, 11) is -2.04. The summed E-state index contributed by atoms with van der Waals surface area (Å²) >= 11 is 7.57. The Bertz CT molecular complexity index is 1320. The van der Waals surface area contributed by atoms with E-state index in [0.717, 1.165) is 16.1 Å². The number of para-hydroxylation sites is 1. The first-order valence-corrected chi connectivity index (χ1v) is 13.6. The Labute approximate surface area is 208 Å². The molecule has 7 nitrogen and oxygen atoms in total. The summed E-state index contributed by atoms with van der Waals surface area (Å²) in [5.74, 6) is 0.395. The second-order valence-electron chi connectivity index (χ2n) is 8.27. The number of sulfonamides is 1. The third-order valence-electron chi connectivity index (χ3n) is 6.03. The van der Waals surface area contributed by atoms with Crippen LogP contribution in [0.25, 0.3) is 0 Å². The minimum Gasteiger partial charge on any atom is -0.495 e. The molecule has 0 atom stereocenters. The van der Waals surface area contributed by atoms with E-state index in [2.05, 4.69) is 10.3 Å². The highest BCUT2D eigenvalue weighted by Gasteiger charge is 2.31. The Morgan fingerprint density at radius 1 is 1.18 bits per heavy atom. The van der Waals surface area contributed by atoms with E-state index in [9.17, 15) is 13.2 Å². The van der Waals surface area contributed by atoms with Crippen molar-refractivity contribution in [1.82, 2.24) is 9.29 Å². The second kappa shape index (κ2) is 10.0. The Hall–Kier alpha value is -2.46. The van der Waals surface area contributed by atoms with Crippen molar-refractivity contribution in [3.8, 4) is 5.75 Å². The fraction of sp³-hybridized carbons (Fsp3) is 0.333. The van der Waals surface area contributed by atoms with Crippen LogP contribution in [0.3, 0.4) is 0 Å². The summed E-state index contributed by atoms with van der Waals surface area (Å²) in [4.78, 5) is 17.6. The molecule has 180 valence electrons. The fourth-order valence-electron chi connectivity index (χ4n) is 3.95. The number of aryl methyl sites for hydroxylation is 2. The summed E-state index contributed by atoms with van der Waals surface area (Å²) in [5.41, 5.74) is 2.70. The van der Waals surface area contributed by atoms with E-state index >= 15 is 0 Å². The highest BCUT2D eigenvalue weighted by molar-refractivity contribution is 7.89. The Kier molecular flexibility index (Phi) is 7.28. The van der Waals surface area contributed by atoms with Gasteiger partial charge in [0.2, 0.25) is 10.0 Å². The van der Waals surface area contributed by atoms with Gasteiger partial charge in [-0.05, 0) is 56.0 Å². The molecule has 34 heavy (non-hydrogen) atoms. The molecule has 1 aromatic heterocycles. The van der Waals surface area contributed by atoms with E-state index in [1.165, 1.54) is 21.7 Å². The van der Waals surface area contributed by atoms with Gasteiger partial charge in [-0.25, -0.2) is 13.4 Å². The number of ether oxygens (including phenoxy) is 1. The van der Waals surface area contributed by atoms with Gasteiger partial charge in [-0.15, -0.1) is 11.3 Å². The van der Waals surface area contributed by atoms with Crippen LogP contribution in [0.2, 0.25) is 5.02 Å². The van der Waals surface area contributed by atoms with Crippen molar-refractivity contribution in [1.29, 1.82) is 0 Å². The van der Waals surface area contributed by atoms with Gasteiger partial charge in [0.1, 0.15) is 11.4 Å². The highest BCUT2D eigenvalue weighted by atomic mass is 35.5. The number of benzene rings is 2. The number of hydrogen-bond acceptors (Lipinski definition) is 6. The predicted molar refractivity (Wildman–Crippen MR) is 135 cm³/mol. The Balaban J connectivity index is 1.42. The molecular formula is C24H26ClN3O4S2. The van der Waals surface area contributed by atoms with E-state index in [1.807, 2.05) is 26.0 Å². The van der Waals surface area contributed by atoms with E-state index in [0.29, 0.717) is 48.1 Å². The highest BCUT2D eigenvalue weighted by Crippen LogP contribution is 2.34. The third-order valence-corrected chi connectivity index (χ3v) is 9.34. The van der Waals surface area contributed by atoms with Crippen molar-refractivity contribution in [2.45, 2.75) is 37.5 Å². The first-order valence-electron chi connectivity index (χ1n) is 10.9. The number of rotatable bonds is 6. The number of methoxy groups -OCH3 is 1. The minimum atomic E-state index is -3.60. The number of carbonyl (C=O) groups excluding carboxylic acids is 1. The molecule has 0 saturated carbocycles. The van der Waals surface area contributed by atoms with E-state index in [4.69, 9.17) is 16.3 Å². The third kappa shape index (κ3) is 4.98. The van der Waals surface area contributed by atoms with Gasteiger partial charge in [0.05, 0.1) is 22.7 Å². The van der Waals surface area contributed by atoms with E-state index in [1.54, 1.807) is 30.7 Å². The molecule has 3 aromatic rings. The lowest BCUT2D eigenvalue weighted by molar-refractivity contribution is 0.102. The molecule has 1 aliphatic heterocycles. The summed E-state index contributed by atoms with van der Waals surface area (Å²) < 4.78 is 32.9. The second-order valence-corrected chi connectivity index (χ2v) is 11.5. The maximum Gasteiger partial charge on any atom is 0.275 e. The quantitative estimate of drug-likeness (QED) is 0.481. The van der Waals surface area contributed by atoms with Gasteiger partial charge < -0.3 is 10.1 Å². The molecular weight excluding hydrogens is 494 g/mol. The van der Waals surface area contributed by atoms with E-state index in [-0.39, 0.29) is 16.7 Å². The zero-order valence-corrected chi connectivity index (χ0v) is 21.6. The lowest BCUT2D eigenvalue weighted by atomic mass is 9.99. The number of halogens is 1. The average Bonchev–Trinajstić information content (AvgIpc) is 3.32. The lowest BCUT2D eigenvalue weighted by Gasteiger charge is -2.30. The molecule has 1 amide bonds. The Morgan fingerprint density at radius 3 is 2.59 bits per heavy atom. The summed E-state index contributed by atoms with van der Waals surface area (Å²) in [6, 6.07) is 10.4. The number of amides is 1. The molecule has 0 spiro atoms. The zero-order chi connectivity index (χ0) is 24.5. The number of thiazole rings is 1. The van der Waals surface area contributed by atoms with Gasteiger partial charge >= 0.3 is 0 Å². The molecule has 0 radical (unpaired) electrons. The van der Waals surface area contributed by atoms with Gasteiger partial charge in [-0.1, -0.05) is 29.8 Å². The summed E-state index contributed by atoms with van der Waals surface area (Å²) in [6.45, 7) is 4.52. The number of nitrogens with one attached hydrogen (secondary N) is 1. The molecule has 1 aliphatic rings. The maximum atomic E-state index is 13.0. The zero-order valence-electron chi connectivity index (χ0n) is 19.2. The number of piperidine rings is 1. The number of hydrogen-bond donors (Lipinski definition) is 1. The van der Waals surface area contributed by atoms with Crippen LogP contribution in [0, 0.1) is 13.8 Å². The van der Waals surface area contributed by atoms with Crippen LogP contribution < -0.4 is 10.1 Å². The van der Waals surface area contributed by atoms with Crippen molar-refractivity contribution in [3.05, 3.63) is 68.6 Å². The summed E-state index contributed by atoms with van der Waals surface area (Å²) in [6.07, 6.45) is 1.28. The average molecular weight is 520 g/mol. The van der Waals surface area contributed by atoms with Crippen LogP contribution in [0.1, 0.15) is 45.4 Å². The van der Waals surface area contributed by atoms with Gasteiger partial charge in [-0.2, -0.15) is 4.31 Å². The standard InChI is InChI=1S/C24H26ClN3O4S2/c1-15-7-8-18(13-19(15)25)34(30,31)28-11-9-17(10-12-28)24-26-20(14-33-24)23(29)27-22-16(2)5-4-6-21(22)32-3/h4-8,13-14,17H,9-12H2,1-3H3,(H,27,29). The minimum absolute atomic E-state index is 0.104. The van der Waals surface area contributed by atoms with Crippen LogP contribution in [-0.4, -0.2) is 43.8 Å². The van der Waals surface area contributed by atoms with Crippen molar-refractivity contribution >= 4 is 44.6 Å². The van der Waals surface area contributed by atoms with Gasteiger partial charge in [0, 0.05) is 29.4 Å². The molecule has 2 heterocycles. The van der Waals surface area contributed by atoms with Crippen molar-refractivity contribution in [2.75, 3.05) is 25.5 Å². The van der Waals surface area contributed by atoms with Gasteiger partial charge in [0.15, 0.2) is 0 Å². The van der Waals surface area contributed by atoms with Crippen molar-refractivity contribution in [2.24, 2.45) is 0 Å². The van der Waals surface area contributed by atoms with Gasteiger partial charge in [0.25, 0.3) is 5.91 Å². The maximum absolute atomic E-state index is 13.0. The lowest BCUT2D eigenvalue weighted by Crippen LogP contribution is -2.37. The van der Waals surface area contributed by atoms with Crippen molar-refractivity contribution in [3.63, 3.8) is 0 Å². The smallest absolute Gasteiger partial charge is 0.275 e. The summed E-state index contributed by atoms with van der Waals surface area (Å²) in [5, 5.41) is 5.92. The van der Waals surface area contributed by atoms with Crippen LogP contribution in [0.4, 0.5) is 5.69 Å². The molecule has 0 bridgehead atoms. The van der Waals surface area contributed by atoms with Gasteiger partial charge in [-0.3, -0.25) is 4.79 Å². The van der Waals surface area contributed by atoms with Crippen LogP contribution in [-0.2, 0) is 10.0 Å². The topological polar surface area (TPSA) is 88.6 Å². The molecule has 10 heteroatoms. The van der Waals surface area contributed by atoms with Crippen LogP contribution >= 0.6 is 22.9 Å². The number of aromatic nitrogens is 1. The number of nitrogens with zero attached hydrogens (tertiary/aromatic N) is 2. The molecule has 1 N–H and O–H groups in total. The Morgan fingerprint density at radius 2 is 1.91 bits per heavy atom. The number of carbonyl (C=O) groups is 1. The molecule has 0 unspecified atom stereocenters. The van der Waals surface area contributed by atoms with Crippen LogP contribution in [0.15, 0.2) is 46.7 Å². The largest absolute Gasteiger partial charge is 0.495 e. The molecule has 4 rings (SSSR count). The first-order chi connectivity index (χ1) is 16.2. The number of anilines is 1. The van der Waals surface area contributed by atoms with Crippen LogP contribution in [0.5, 0.6) is 5.75 Å². The molecule has 0 aliphatic carbocycles. The predicted octanol–water partition coefficient (Wildman–Crippen LogP) is 5.24. The molecule has 2 aromatic carbocycles. The molecule has 1 fully saturated rings. The monoisotopic (exact) mass is 519 g/mol. The normalized spacial score (nSPS) is 15.3.